The molecule has 0 spiro atoms. The zero-order valence-corrected chi connectivity index (χ0v) is 31.1. The monoisotopic (exact) mass is 662 g/mol. The summed E-state index contributed by atoms with van der Waals surface area (Å²) in [5, 5.41) is 0. The van der Waals surface area contributed by atoms with Crippen molar-refractivity contribution >= 4 is 17.5 Å². The number of hydrogen-bond acceptors (Lipinski definition) is 4. The van der Waals surface area contributed by atoms with E-state index in [9.17, 15) is 9.59 Å². The van der Waals surface area contributed by atoms with E-state index in [2.05, 4.69) is 78.5 Å². The van der Waals surface area contributed by atoms with Crippen molar-refractivity contribution < 1.29 is 19.1 Å². The number of allylic oxidation sites excluding steroid dienone is 3. The first-order chi connectivity index (χ1) is 23.2. The van der Waals surface area contributed by atoms with Crippen LogP contribution >= 0.6 is 0 Å². The van der Waals surface area contributed by atoms with Gasteiger partial charge >= 0.3 is 11.9 Å². The second-order valence-electron chi connectivity index (χ2n) is 18.0. The lowest BCUT2D eigenvalue weighted by Gasteiger charge is -2.72. The predicted octanol–water partition coefficient (Wildman–Crippen LogP) is 10.9. The van der Waals surface area contributed by atoms with Crippen LogP contribution in [0.5, 0.6) is 0 Å². The molecule has 4 heteroatoms. The largest absolute Gasteiger partial charge is 0.465 e. The lowest BCUT2D eigenvalue weighted by atomic mass is 9.32. The summed E-state index contributed by atoms with van der Waals surface area (Å²) in [6, 6.07) is 18.2. The molecule has 0 bridgehead atoms. The average molecular weight is 663 g/mol. The first-order valence-electron chi connectivity index (χ1n) is 19.0. The lowest BCUT2D eigenvalue weighted by Crippen LogP contribution is -2.66. The molecular weight excluding hydrogens is 604 g/mol. The molecule has 262 valence electrons. The number of hydrogen-bond donors (Lipinski definition) is 0. The molecule has 4 nitrogen and oxygen atoms in total. The van der Waals surface area contributed by atoms with E-state index >= 15 is 0 Å². The van der Waals surface area contributed by atoms with Crippen LogP contribution in [0, 0.1) is 56.7 Å². The van der Waals surface area contributed by atoms with Gasteiger partial charge in [0.25, 0.3) is 0 Å². The summed E-state index contributed by atoms with van der Waals surface area (Å²) in [6.07, 6.45) is 12.5. The van der Waals surface area contributed by atoms with Crippen molar-refractivity contribution in [1.82, 2.24) is 0 Å². The van der Waals surface area contributed by atoms with Gasteiger partial charge in [0.2, 0.25) is 0 Å². The molecule has 4 saturated carbocycles. The van der Waals surface area contributed by atoms with Crippen LogP contribution in [0.25, 0.3) is 5.57 Å². The van der Waals surface area contributed by atoms with E-state index in [0.29, 0.717) is 41.8 Å². The molecule has 7 rings (SSSR count). The highest BCUT2D eigenvalue weighted by molar-refractivity contribution is 5.90. The van der Waals surface area contributed by atoms with Crippen LogP contribution in [-0.2, 0) is 20.9 Å². The molecule has 4 fully saturated rings. The van der Waals surface area contributed by atoms with E-state index in [1.807, 2.05) is 30.3 Å². The Morgan fingerprint density at radius 1 is 0.816 bits per heavy atom. The molecule has 49 heavy (non-hydrogen) atoms. The third-order valence-corrected chi connectivity index (χ3v) is 15.9. The zero-order chi connectivity index (χ0) is 35.0. The summed E-state index contributed by atoms with van der Waals surface area (Å²) in [5.74, 6) is 2.13. The third kappa shape index (κ3) is 4.96. The Morgan fingerprint density at radius 3 is 2.20 bits per heavy atom. The molecule has 0 heterocycles. The van der Waals surface area contributed by atoms with Crippen molar-refractivity contribution in [1.29, 1.82) is 0 Å². The predicted molar refractivity (Wildman–Crippen MR) is 196 cm³/mol. The fraction of sp³-hybridized carbons (Fsp3) is 0.600. The first kappa shape index (κ1) is 34.3. The standard InChI is InChI=1S/C45H58O4/c1-29(2)33-20-25-45(40(47)49-28-30-12-10-9-11-13-30)27-26-43(6)35(38(33)45)18-19-37-42(5)23-21-34(31-14-16-32(17-15-31)39(46)48-8)41(3,4)36(42)22-24-44(37,43)7/h9-17,21,33,35-38H,1,18-20,22-28H2,2-8H3/t33-,35+,36-,37+,38+,42+,43+,44+,45+/m0/s1. The van der Waals surface area contributed by atoms with Crippen LogP contribution in [0.1, 0.15) is 121 Å². The van der Waals surface area contributed by atoms with Gasteiger partial charge < -0.3 is 9.47 Å². The van der Waals surface area contributed by atoms with E-state index in [1.165, 1.54) is 49.5 Å². The third-order valence-electron chi connectivity index (χ3n) is 15.9. The molecule has 0 radical (unpaired) electrons. The molecular formula is C45H58O4. The van der Waals surface area contributed by atoms with Gasteiger partial charge in [-0.3, -0.25) is 4.79 Å². The summed E-state index contributed by atoms with van der Waals surface area (Å²) in [6.45, 7) is 19.9. The fourth-order valence-electron chi connectivity index (χ4n) is 13.4. The van der Waals surface area contributed by atoms with E-state index in [4.69, 9.17) is 9.47 Å². The molecule has 0 saturated heterocycles. The summed E-state index contributed by atoms with van der Waals surface area (Å²) < 4.78 is 11.2. The van der Waals surface area contributed by atoms with Crippen LogP contribution in [0.2, 0.25) is 0 Å². The Kier molecular flexibility index (Phi) is 8.39. The Balaban J connectivity index is 1.19. The minimum Gasteiger partial charge on any atom is -0.465 e. The van der Waals surface area contributed by atoms with Crippen LogP contribution in [0.15, 0.2) is 72.8 Å². The van der Waals surface area contributed by atoms with Gasteiger partial charge in [-0.15, -0.1) is 0 Å². The second-order valence-corrected chi connectivity index (χ2v) is 18.0. The minimum atomic E-state index is -0.402. The van der Waals surface area contributed by atoms with Crippen molar-refractivity contribution in [3.8, 4) is 0 Å². The van der Waals surface area contributed by atoms with Gasteiger partial charge in [0, 0.05) is 0 Å². The maximum Gasteiger partial charge on any atom is 0.337 e. The van der Waals surface area contributed by atoms with E-state index in [0.717, 1.165) is 37.7 Å². The Labute approximate surface area is 295 Å². The number of carbonyl (C=O) groups excluding carboxylic acids is 2. The Bertz CT molecular complexity index is 1650. The number of esters is 2. The molecule has 0 unspecified atom stereocenters. The molecule has 5 aliphatic rings. The molecule has 9 atom stereocenters. The van der Waals surface area contributed by atoms with Crippen LogP contribution in [0.4, 0.5) is 0 Å². The quantitative estimate of drug-likeness (QED) is 0.228. The van der Waals surface area contributed by atoms with Crippen molar-refractivity contribution in [2.75, 3.05) is 7.11 Å². The van der Waals surface area contributed by atoms with E-state index in [-0.39, 0.29) is 33.6 Å². The molecule has 0 aromatic heterocycles. The SMILES string of the molecule is C=C(C)[C@@H]1CC[C@@]2(C(=O)OCc3ccccc3)CC[C@]3(C)[C@H](CC[C@@H]4[C@]5(C)CC=C(c6ccc(C(=O)OC)cc6)C(C)(C)[C@@H]5CC[C@]43C)[C@@H]12. The second kappa shape index (κ2) is 12.0. The summed E-state index contributed by atoms with van der Waals surface area (Å²) in [4.78, 5) is 26.5. The highest BCUT2D eigenvalue weighted by Crippen LogP contribution is 2.77. The van der Waals surface area contributed by atoms with E-state index in [1.54, 1.807) is 0 Å². The van der Waals surface area contributed by atoms with Crippen LogP contribution in [-0.4, -0.2) is 19.0 Å². The summed E-state index contributed by atoms with van der Waals surface area (Å²) >= 11 is 0. The summed E-state index contributed by atoms with van der Waals surface area (Å²) in [5.41, 5.74) is 5.72. The van der Waals surface area contributed by atoms with Gasteiger partial charge in [0.1, 0.15) is 6.61 Å². The van der Waals surface area contributed by atoms with Gasteiger partial charge in [-0.1, -0.05) is 95.3 Å². The van der Waals surface area contributed by atoms with Gasteiger partial charge in [0.15, 0.2) is 0 Å². The molecule has 2 aromatic rings. The maximum atomic E-state index is 14.3. The molecule has 5 aliphatic carbocycles. The summed E-state index contributed by atoms with van der Waals surface area (Å²) in [7, 11) is 1.44. The fourth-order valence-corrected chi connectivity index (χ4v) is 13.4. The van der Waals surface area contributed by atoms with Crippen LogP contribution < -0.4 is 0 Å². The number of methoxy groups -OCH3 is 1. The lowest BCUT2D eigenvalue weighted by molar-refractivity contribution is -0.229. The number of carbonyl (C=O) groups is 2. The molecule has 0 amide bonds. The van der Waals surface area contributed by atoms with Crippen molar-refractivity contribution in [2.24, 2.45) is 56.7 Å². The minimum absolute atomic E-state index is 0.0135. The average Bonchev–Trinajstić information content (AvgIpc) is 3.49. The number of ether oxygens (including phenoxy) is 2. The Hall–Kier alpha value is -3.14. The number of fused-ring (bicyclic) bond motifs is 7. The smallest absolute Gasteiger partial charge is 0.337 e. The van der Waals surface area contributed by atoms with Crippen LogP contribution in [0.3, 0.4) is 0 Å². The maximum absolute atomic E-state index is 14.3. The zero-order valence-electron chi connectivity index (χ0n) is 31.1. The normalized spacial score (nSPS) is 38.9. The highest BCUT2D eigenvalue weighted by Gasteiger charge is 2.71. The van der Waals surface area contributed by atoms with Gasteiger partial charge in [-0.25, -0.2) is 4.79 Å². The Morgan fingerprint density at radius 2 is 1.53 bits per heavy atom. The first-order valence-corrected chi connectivity index (χ1v) is 19.0. The molecule has 2 aromatic carbocycles. The van der Waals surface area contributed by atoms with Crippen molar-refractivity contribution in [3.05, 3.63) is 89.5 Å². The number of rotatable bonds is 6. The van der Waals surface area contributed by atoms with Gasteiger partial charge in [0.05, 0.1) is 18.1 Å². The van der Waals surface area contributed by atoms with E-state index < -0.39 is 5.41 Å². The van der Waals surface area contributed by atoms with Gasteiger partial charge in [-0.05, 0) is 145 Å². The van der Waals surface area contributed by atoms with Crippen molar-refractivity contribution in [2.45, 2.75) is 106 Å². The number of benzene rings is 2. The van der Waals surface area contributed by atoms with Gasteiger partial charge in [-0.2, -0.15) is 0 Å². The highest BCUT2D eigenvalue weighted by atomic mass is 16.5. The topological polar surface area (TPSA) is 52.6 Å². The van der Waals surface area contributed by atoms with Crippen molar-refractivity contribution in [3.63, 3.8) is 0 Å². The molecule has 0 aliphatic heterocycles. The molecule has 0 N–H and O–H groups in total.